The molecule has 412 valence electrons. The van der Waals surface area contributed by atoms with E-state index in [0.29, 0.717) is 74.3 Å². The molecule has 0 spiro atoms. The third-order valence-corrected chi connectivity index (χ3v) is 20.0. The van der Waals surface area contributed by atoms with E-state index in [-0.39, 0.29) is 29.8 Å². The minimum absolute atomic E-state index is 0.0312. The number of nitrogens with zero attached hydrogens (tertiary/aromatic N) is 7. The molecule has 0 aromatic heterocycles. The van der Waals surface area contributed by atoms with Crippen molar-refractivity contribution in [3.63, 3.8) is 0 Å². The number of fused-ring (bicyclic) bond motifs is 2. The van der Waals surface area contributed by atoms with Gasteiger partial charge in [-0.1, -0.05) is 123 Å². The molecule has 2 saturated heterocycles. The number of amidine groups is 2. The predicted molar refractivity (Wildman–Crippen MR) is 313 cm³/mol. The standard InChI is InChI=1S/C27H30Cl2N4O3S2.C22H20Cl2N2O2S.C5H12N2O2S/c1-17(2)22-23(25(34)31-13-15-32(16-14-31)38(4,35)36)37-26-30-27(3,19-7-11-21(29)12-8-19)24(33(22)26)18-5-9-20(28)10-6-18;1-12(2)17-18(20(27)28)29-21-25-22(3,14-6-10-16(24)11-7-14)19(26(17)21)13-4-8-15(23)9-5-13;1-10(8,9)7-4-2-6-3-5-7/h5-12,17,24H,13-16H2,1-4H3;4-12,19H,1-3H3,(H,27,28);6H,2-5H2,1H3. The smallest absolute Gasteiger partial charge is 0.344 e. The fraction of sp³-hybridized carbons (Fsp3) is 0.407. The average molecular weight is 1210 g/mol. The van der Waals surface area contributed by atoms with E-state index >= 15 is 0 Å². The number of carbonyl (C=O) groups excluding carboxylic acids is 1. The van der Waals surface area contributed by atoms with Crippen LogP contribution in [0.3, 0.4) is 0 Å². The van der Waals surface area contributed by atoms with E-state index in [2.05, 4.69) is 42.8 Å². The van der Waals surface area contributed by atoms with Gasteiger partial charge in [-0.05, 0) is 120 Å². The fourth-order valence-corrected chi connectivity index (χ4v) is 15.3. The molecule has 4 aromatic carbocycles. The van der Waals surface area contributed by atoms with Crippen molar-refractivity contribution in [2.24, 2.45) is 21.8 Å². The van der Waals surface area contributed by atoms with Gasteiger partial charge in [0.25, 0.3) is 5.91 Å². The molecule has 6 heterocycles. The van der Waals surface area contributed by atoms with Crippen molar-refractivity contribution in [3.8, 4) is 0 Å². The van der Waals surface area contributed by atoms with Crippen LogP contribution < -0.4 is 5.32 Å². The third-order valence-electron chi connectivity index (χ3n) is 14.3. The molecule has 2 fully saturated rings. The molecule has 23 heteroatoms. The zero-order valence-corrected chi connectivity index (χ0v) is 50.2. The third kappa shape index (κ3) is 12.5. The van der Waals surface area contributed by atoms with Gasteiger partial charge in [-0.2, -0.15) is 8.61 Å². The summed E-state index contributed by atoms with van der Waals surface area (Å²) in [7, 11) is -6.21. The van der Waals surface area contributed by atoms with Crippen molar-refractivity contribution in [2.75, 3.05) is 64.9 Å². The fourth-order valence-electron chi connectivity index (χ4n) is 10.5. The molecule has 4 atom stereocenters. The number of hydrogen-bond acceptors (Lipinski definition) is 13. The monoisotopic (exact) mass is 1200 g/mol. The van der Waals surface area contributed by atoms with Gasteiger partial charge in [0.15, 0.2) is 10.3 Å². The Bertz CT molecular complexity index is 3240. The number of rotatable bonds is 10. The van der Waals surface area contributed by atoms with Crippen molar-refractivity contribution < 1.29 is 31.5 Å². The van der Waals surface area contributed by atoms with E-state index in [1.807, 2.05) is 111 Å². The Morgan fingerprint density at radius 3 is 1.25 bits per heavy atom. The van der Waals surface area contributed by atoms with Crippen LogP contribution in [-0.4, -0.2) is 132 Å². The Kier molecular flexibility index (Phi) is 18.0. The number of benzene rings is 4. The number of aliphatic imine (C=N–C) groups is 2. The summed E-state index contributed by atoms with van der Waals surface area (Å²) in [5.41, 5.74) is 4.60. The minimum atomic E-state index is -3.28. The highest BCUT2D eigenvalue weighted by Gasteiger charge is 2.55. The Labute approximate surface area is 480 Å². The first-order valence-corrected chi connectivity index (χ1v) is 31.9. The van der Waals surface area contributed by atoms with Crippen LogP contribution in [0.25, 0.3) is 0 Å². The number of carbonyl (C=O) groups is 2. The highest BCUT2D eigenvalue weighted by molar-refractivity contribution is 8.18. The second-order valence-corrected chi connectivity index (χ2v) is 28.0. The summed E-state index contributed by atoms with van der Waals surface area (Å²) in [6, 6.07) is 30.6. The number of sulfonamides is 2. The maximum atomic E-state index is 13.8. The lowest BCUT2D eigenvalue weighted by atomic mass is 9.81. The van der Waals surface area contributed by atoms with E-state index in [4.69, 9.17) is 56.4 Å². The Morgan fingerprint density at radius 2 is 0.909 bits per heavy atom. The molecule has 0 bridgehead atoms. The molecule has 4 aromatic rings. The average Bonchev–Trinajstić information content (AvgIpc) is 4.24. The van der Waals surface area contributed by atoms with Gasteiger partial charge in [-0.25, -0.2) is 31.6 Å². The zero-order valence-electron chi connectivity index (χ0n) is 43.9. The molecule has 2 N–H and O–H groups in total. The quantitative estimate of drug-likeness (QED) is 0.154. The van der Waals surface area contributed by atoms with Crippen LogP contribution in [0.5, 0.6) is 0 Å². The number of piperazine rings is 2. The molecular formula is C54H62Cl4N8O7S4. The van der Waals surface area contributed by atoms with E-state index in [0.717, 1.165) is 51.9 Å². The maximum Gasteiger partial charge on any atom is 0.344 e. The zero-order chi connectivity index (χ0) is 55.9. The van der Waals surface area contributed by atoms with Crippen LogP contribution in [0.1, 0.15) is 75.9 Å². The molecule has 6 aliphatic rings. The second kappa shape index (κ2) is 23.5. The lowest BCUT2D eigenvalue weighted by Crippen LogP contribution is -2.50. The van der Waals surface area contributed by atoms with Crippen LogP contribution in [0, 0.1) is 11.8 Å². The molecule has 15 nitrogen and oxygen atoms in total. The van der Waals surface area contributed by atoms with Gasteiger partial charge in [-0.15, -0.1) is 0 Å². The molecule has 6 aliphatic heterocycles. The van der Waals surface area contributed by atoms with Crippen molar-refractivity contribution in [2.45, 2.75) is 64.7 Å². The number of nitrogens with one attached hydrogen (secondary N) is 1. The Morgan fingerprint density at radius 1 is 0.571 bits per heavy atom. The summed E-state index contributed by atoms with van der Waals surface area (Å²) in [5, 5.41) is 17.0. The van der Waals surface area contributed by atoms with Gasteiger partial charge >= 0.3 is 5.97 Å². The number of carboxylic acids is 1. The second-order valence-electron chi connectivity index (χ2n) is 20.4. The SMILES string of the molecule is CC(C)C1=C(C(=O)N2CCN(S(C)(=O)=O)CC2)SC2=NC(C)(c3ccc(Cl)cc3)C(c3ccc(Cl)cc3)N21.CC(C)C1=C(C(=O)O)SC2=NC(C)(c3ccc(Cl)cc3)C(c3ccc(Cl)cc3)N21.CS(=O)(=O)N1CCNCC1. The van der Waals surface area contributed by atoms with Crippen molar-refractivity contribution in [3.05, 3.63) is 161 Å². The van der Waals surface area contributed by atoms with E-state index in [1.54, 1.807) is 4.90 Å². The molecule has 10 rings (SSSR count). The number of hydrogen-bond donors (Lipinski definition) is 2. The van der Waals surface area contributed by atoms with Crippen LogP contribution in [0.2, 0.25) is 20.1 Å². The first kappa shape index (κ1) is 59.0. The highest BCUT2D eigenvalue weighted by atomic mass is 35.5. The number of halogens is 4. The van der Waals surface area contributed by atoms with Gasteiger partial charge in [0, 0.05) is 83.8 Å². The normalized spacial score (nSPS) is 23.8. The highest BCUT2D eigenvalue weighted by Crippen LogP contribution is 2.58. The number of amides is 1. The summed E-state index contributed by atoms with van der Waals surface area (Å²) in [5.74, 6) is -0.914. The summed E-state index contributed by atoms with van der Waals surface area (Å²) in [6.07, 6.45) is 2.45. The molecule has 0 radical (unpaired) electrons. The maximum absolute atomic E-state index is 13.8. The van der Waals surface area contributed by atoms with Crippen LogP contribution >= 0.6 is 69.9 Å². The van der Waals surface area contributed by atoms with Crippen molar-refractivity contribution >= 4 is 112 Å². The summed E-state index contributed by atoms with van der Waals surface area (Å²) >= 11 is 27.3. The van der Waals surface area contributed by atoms with Crippen LogP contribution in [0.4, 0.5) is 0 Å². The summed E-state index contributed by atoms with van der Waals surface area (Å²) < 4.78 is 48.6. The predicted octanol–water partition coefficient (Wildman–Crippen LogP) is 10.5. The molecule has 0 saturated carbocycles. The lowest BCUT2D eigenvalue weighted by Gasteiger charge is -2.37. The van der Waals surface area contributed by atoms with Gasteiger partial charge in [0.2, 0.25) is 20.0 Å². The molecule has 1 amide bonds. The van der Waals surface area contributed by atoms with Crippen LogP contribution in [0.15, 0.2) is 128 Å². The van der Waals surface area contributed by atoms with Gasteiger partial charge in [0.1, 0.15) is 20.9 Å². The van der Waals surface area contributed by atoms with Crippen molar-refractivity contribution in [1.29, 1.82) is 0 Å². The Hall–Kier alpha value is -4.12. The summed E-state index contributed by atoms with van der Waals surface area (Å²) in [6.45, 7) is 16.5. The van der Waals surface area contributed by atoms with E-state index in [9.17, 15) is 31.5 Å². The molecule has 77 heavy (non-hydrogen) atoms. The largest absolute Gasteiger partial charge is 0.477 e. The van der Waals surface area contributed by atoms with Gasteiger partial charge < -0.3 is 25.1 Å². The first-order chi connectivity index (χ1) is 36.2. The molecule has 4 unspecified atom stereocenters. The number of allylic oxidation sites excluding steroid dienone is 2. The van der Waals surface area contributed by atoms with Crippen LogP contribution in [-0.2, 0) is 40.7 Å². The first-order valence-electron chi connectivity index (χ1n) is 25.0. The van der Waals surface area contributed by atoms with Crippen molar-refractivity contribution in [1.82, 2.24) is 28.6 Å². The molecular weight excluding hydrogens is 1140 g/mol. The van der Waals surface area contributed by atoms with Gasteiger partial charge in [-0.3, -0.25) is 4.79 Å². The van der Waals surface area contributed by atoms with E-state index in [1.165, 1.54) is 44.6 Å². The number of thioether (sulfide) groups is 2. The Balaban J connectivity index is 0.000000177. The summed E-state index contributed by atoms with van der Waals surface area (Å²) in [4.78, 5) is 43.1. The lowest BCUT2D eigenvalue weighted by molar-refractivity contribution is -0.132. The minimum Gasteiger partial charge on any atom is -0.477 e. The number of carboxylic acid groups (broad SMARTS) is 1. The van der Waals surface area contributed by atoms with E-state index < -0.39 is 37.1 Å². The topological polar surface area (TPSA) is 176 Å². The van der Waals surface area contributed by atoms with Gasteiger partial charge in [0.05, 0.1) is 24.6 Å². The number of aliphatic carboxylic acids is 1. The molecule has 0 aliphatic carbocycles.